The number of methoxy groups -OCH3 is 1. The SMILES string of the molecule is COc1cccc(N(C)C(N)=NC2CCCC2)c1. The van der Waals surface area contributed by atoms with E-state index in [2.05, 4.69) is 4.99 Å². The molecule has 1 aliphatic carbocycles. The Morgan fingerprint density at radius 2 is 2.11 bits per heavy atom. The topological polar surface area (TPSA) is 50.9 Å². The maximum Gasteiger partial charge on any atom is 0.195 e. The van der Waals surface area contributed by atoms with Crippen LogP contribution in [0, 0.1) is 0 Å². The first kappa shape index (κ1) is 12.7. The average Bonchev–Trinajstić information content (AvgIpc) is 2.90. The van der Waals surface area contributed by atoms with Crippen LogP contribution in [0.5, 0.6) is 5.75 Å². The highest BCUT2D eigenvalue weighted by Crippen LogP contribution is 2.23. The molecule has 0 saturated heterocycles. The molecule has 0 atom stereocenters. The summed E-state index contributed by atoms with van der Waals surface area (Å²) < 4.78 is 5.21. The second-order valence-corrected chi connectivity index (χ2v) is 4.69. The minimum absolute atomic E-state index is 0.401. The van der Waals surface area contributed by atoms with Gasteiger partial charge in [-0.1, -0.05) is 18.9 Å². The van der Waals surface area contributed by atoms with Crippen molar-refractivity contribution in [1.82, 2.24) is 0 Å². The zero-order chi connectivity index (χ0) is 13.0. The van der Waals surface area contributed by atoms with Crippen molar-refractivity contribution < 1.29 is 4.74 Å². The average molecular weight is 247 g/mol. The van der Waals surface area contributed by atoms with E-state index in [9.17, 15) is 0 Å². The summed E-state index contributed by atoms with van der Waals surface area (Å²) in [6.07, 6.45) is 4.86. The summed E-state index contributed by atoms with van der Waals surface area (Å²) >= 11 is 0. The van der Waals surface area contributed by atoms with Crippen LogP contribution < -0.4 is 15.4 Å². The molecular weight excluding hydrogens is 226 g/mol. The fourth-order valence-electron chi connectivity index (χ4n) is 2.26. The van der Waals surface area contributed by atoms with Gasteiger partial charge in [0, 0.05) is 18.8 Å². The van der Waals surface area contributed by atoms with Gasteiger partial charge in [0.05, 0.1) is 13.2 Å². The molecule has 4 nitrogen and oxygen atoms in total. The van der Waals surface area contributed by atoms with Gasteiger partial charge in [0.2, 0.25) is 0 Å². The Balaban J connectivity index is 2.11. The van der Waals surface area contributed by atoms with Gasteiger partial charge in [0.15, 0.2) is 5.96 Å². The highest BCUT2D eigenvalue weighted by Gasteiger charge is 2.15. The number of benzene rings is 1. The molecule has 4 heteroatoms. The Labute approximate surface area is 108 Å². The molecule has 1 aromatic carbocycles. The molecule has 0 bridgehead atoms. The summed E-state index contributed by atoms with van der Waals surface area (Å²) in [5, 5.41) is 0. The highest BCUT2D eigenvalue weighted by atomic mass is 16.5. The summed E-state index contributed by atoms with van der Waals surface area (Å²) in [5.41, 5.74) is 7.05. The van der Waals surface area contributed by atoms with Gasteiger partial charge in [-0.25, -0.2) is 4.99 Å². The Morgan fingerprint density at radius 3 is 2.78 bits per heavy atom. The van der Waals surface area contributed by atoms with Gasteiger partial charge in [-0.05, 0) is 25.0 Å². The Bertz CT molecular complexity index is 425. The number of hydrogen-bond acceptors (Lipinski definition) is 2. The summed E-state index contributed by atoms with van der Waals surface area (Å²) in [4.78, 5) is 6.49. The molecule has 98 valence electrons. The van der Waals surface area contributed by atoms with Crippen molar-refractivity contribution in [2.24, 2.45) is 10.7 Å². The van der Waals surface area contributed by atoms with Crippen LogP contribution in [-0.4, -0.2) is 26.2 Å². The zero-order valence-corrected chi connectivity index (χ0v) is 11.1. The molecule has 1 saturated carbocycles. The van der Waals surface area contributed by atoms with Gasteiger partial charge in [0.1, 0.15) is 5.75 Å². The first-order valence-corrected chi connectivity index (χ1v) is 6.42. The Hall–Kier alpha value is -1.71. The molecule has 2 rings (SSSR count). The lowest BCUT2D eigenvalue weighted by Crippen LogP contribution is -2.35. The minimum Gasteiger partial charge on any atom is -0.497 e. The van der Waals surface area contributed by atoms with E-state index in [1.165, 1.54) is 12.8 Å². The maximum atomic E-state index is 6.06. The largest absolute Gasteiger partial charge is 0.497 e. The number of aliphatic imine (C=N–C) groups is 1. The number of nitrogens with two attached hydrogens (primary N) is 1. The van der Waals surface area contributed by atoms with Crippen LogP contribution in [0.15, 0.2) is 29.3 Å². The monoisotopic (exact) mass is 247 g/mol. The minimum atomic E-state index is 0.401. The first-order chi connectivity index (χ1) is 8.70. The van der Waals surface area contributed by atoms with E-state index >= 15 is 0 Å². The molecule has 0 amide bonds. The van der Waals surface area contributed by atoms with Crippen molar-refractivity contribution in [2.45, 2.75) is 31.7 Å². The van der Waals surface area contributed by atoms with Gasteiger partial charge in [-0.2, -0.15) is 0 Å². The number of anilines is 1. The normalized spacial score (nSPS) is 16.9. The molecule has 1 aromatic rings. The van der Waals surface area contributed by atoms with Crippen LogP contribution in [0.25, 0.3) is 0 Å². The quantitative estimate of drug-likeness (QED) is 0.659. The van der Waals surface area contributed by atoms with E-state index in [0.29, 0.717) is 12.0 Å². The van der Waals surface area contributed by atoms with Crippen molar-refractivity contribution in [3.05, 3.63) is 24.3 Å². The van der Waals surface area contributed by atoms with E-state index in [1.807, 2.05) is 36.2 Å². The van der Waals surface area contributed by atoms with Crippen molar-refractivity contribution in [2.75, 3.05) is 19.1 Å². The van der Waals surface area contributed by atoms with E-state index in [4.69, 9.17) is 10.5 Å². The van der Waals surface area contributed by atoms with Gasteiger partial charge in [0.25, 0.3) is 0 Å². The third-order valence-electron chi connectivity index (χ3n) is 3.42. The van der Waals surface area contributed by atoms with Gasteiger partial charge >= 0.3 is 0 Å². The number of hydrogen-bond donors (Lipinski definition) is 1. The van der Waals surface area contributed by atoms with Crippen LogP contribution in [-0.2, 0) is 0 Å². The third-order valence-corrected chi connectivity index (χ3v) is 3.42. The molecule has 0 aliphatic heterocycles. The molecule has 18 heavy (non-hydrogen) atoms. The molecule has 0 spiro atoms. The highest BCUT2D eigenvalue weighted by molar-refractivity contribution is 5.94. The predicted octanol–water partition coefficient (Wildman–Crippen LogP) is 2.39. The number of rotatable bonds is 3. The van der Waals surface area contributed by atoms with Gasteiger partial charge < -0.3 is 15.4 Å². The molecule has 0 aromatic heterocycles. The van der Waals surface area contributed by atoms with Crippen LogP contribution in [0.1, 0.15) is 25.7 Å². The first-order valence-electron chi connectivity index (χ1n) is 6.42. The Kier molecular flexibility index (Phi) is 4.07. The van der Waals surface area contributed by atoms with Crippen molar-refractivity contribution in [3.8, 4) is 5.75 Å². The number of nitrogens with zero attached hydrogens (tertiary/aromatic N) is 2. The summed E-state index contributed by atoms with van der Waals surface area (Å²) in [6, 6.07) is 8.23. The van der Waals surface area contributed by atoms with Crippen LogP contribution in [0.3, 0.4) is 0 Å². The Morgan fingerprint density at radius 1 is 1.39 bits per heavy atom. The van der Waals surface area contributed by atoms with E-state index in [0.717, 1.165) is 24.3 Å². The second-order valence-electron chi connectivity index (χ2n) is 4.69. The molecular formula is C14H21N3O. The van der Waals surface area contributed by atoms with Crippen molar-refractivity contribution >= 4 is 11.6 Å². The fourth-order valence-corrected chi connectivity index (χ4v) is 2.26. The van der Waals surface area contributed by atoms with Crippen LogP contribution in [0.4, 0.5) is 5.69 Å². The third kappa shape index (κ3) is 2.94. The number of guanidine groups is 1. The van der Waals surface area contributed by atoms with Gasteiger partial charge in [-0.15, -0.1) is 0 Å². The van der Waals surface area contributed by atoms with Crippen molar-refractivity contribution in [1.29, 1.82) is 0 Å². The predicted molar refractivity (Wildman–Crippen MR) is 75.3 cm³/mol. The molecule has 1 aliphatic rings. The molecule has 0 heterocycles. The van der Waals surface area contributed by atoms with E-state index in [-0.39, 0.29) is 0 Å². The molecule has 2 N–H and O–H groups in total. The maximum absolute atomic E-state index is 6.06. The smallest absolute Gasteiger partial charge is 0.195 e. The standard InChI is InChI=1S/C14H21N3O/c1-17(12-8-5-9-13(10-12)18-2)14(15)16-11-6-3-4-7-11/h5,8-11H,3-4,6-7H2,1-2H3,(H2,15,16). The summed E-state index contributed by atoms with van der Waals surface area (Å²) in [5.74, 6) is 1.41. The second kappa shape index (κ2) is 5.76. The lowest BCUT2D eigenvalue weighted by Gasteiger charge is -2.20. The summed E-state index contributed by atoms with van der Waals surface area (Å²) in [6.45, 7) is 0. The van der Waals surface area contributed by atoms with E-state index < -0.39 is 0 Å². The number of ether oxygens (including phenoxy) is 1. The molecule has 1 fully saturated rings. The fraction of sp³-hybridized carbons (Fsp3) is 0.500. The summed E-state index contributed by atoms with van der Waals surface area (Å²) in [7, 11) is 3.59. The molecule has 0 unspecified atom stereocenters. The van der Waals surface area contributed by atoms with Crippen LogP contribution >= 0.6 is 0 Å². The van der Waals surface area contributed by atoms with Crippen LogP contribution in [0.2, 0.25) is 0 Å². The van der Waals surface area contributed by atoms with Crippen molar-refractivity contribution in [3.63, 3.8) is 0 Å². The van der Waals surface area contributed by atoms with E-state index in [1.54, 1.807) is 7.11 Å². The lowest BCUT2D eigenvalue weighted by molar-refractivity contribution is 0.415. The van der Waals surface area contributed by atoms with Gasteiger partial charge in [-0.3, -0.25) is 0 Å². The zero-order valence-electron chi connectivity index (χ0n) is 11.1. The lowest BCUT2D eigenvalue weighted by atomic mass is 10.2. The molecule has 0 radical (unpaired) electrons.